The van der Waals surface area contributed by atoms with Crippen LogP contribution in [0.15, 0.2) is 32.9 Å². The van der Waals surface area contributed by atoms with Crippen LogP contribution in [-0.2, 0) is 16.4 Å². The van der Waals surface area contributed by atoms with Crippen molar-refractivity contribution in [3.05, 3.63) is 44.7 Å². The number of rotatable bonds is 5. The van der Waals surface area contributed by atoms with Gasteiger partial charge in [0.25, 0.3) is 10.0 Å². The fraction of sp³-hybridized carbons (Fsp3) is 0.286. The van der Waals surface area contributed by atoms with E-state index < -0.39 is 10.0 Å². The molecule has 4 nitrogen and oxygen atoms in total. The summed E-state index contributed by atoms with van der Waals surface area (Å²) in [4.78, 5) is 0.973. The highest BCUT2D eigenvalue weighted by atomic mass is 79.9. The van der Waals surface area contributed by atoms with E-state index in [0.717, 1.165) is 20.5 Å². The van der Waals surface area contributed by atoms with Crippen LogP contribution in [0.5, 0.6) is 0 Å². The second-order valence-corrected chi connectivity index (χ2v) is 8.66. The molecular weight excluding hydrogens is 372 g/mol. The molecule has 0 radical (unpaired) electrons. The van der Waals surface area contributed by atoms with Gasteiger partial charge in [-0.15, -0.1) is 11.3 Å². The lowest BCUT2D eigenvalue weighted by atomic mass is 10.1. The summed E-state index contributed by atoms with van der Waals surface area (Å²) in [5.74, 6) is 0. The third-order valence-electron chi connectivity index (χ3n) is 2.98. The average Bonchev–Trinajstić information content (AvgIpc) is 2.85. The molecule has 2 aromatic rings. The zero-order chi connectivity index (χ0) is 15.6. The van der Waals surface area contributed by atoms with Gasteiger partial charge in [0.05, 0.1) is 0 Å². The topological polar surface area (TPSA) is 72.2 Å². The number of hydrogen-bond donors (Lipinski definition) is 2. The molecule has 0 bridgehead atoms. The molecule has 1 aromatic carbocycles. The molecule has 0 aliphatic heterocycles. The van der Waals surface area contributed by atoms with Gasteiger partial charge in [0.1, 0.15) is 4.21 Å². The number of anilines is 1. The van der Waals surface area contributed by atoms with Gasteiger partial charge in [-0.1, -0.05) is 15.9 Å². The molecule has 0 fully saturated rings. The second kappa shape index (κ2) is 6.48. The lowest BCUT2D eigenvalue weighted by Gasteiger charge is -2.10. The highest BCUT2D eigenvalue weighted by molar-refractivity contribution is 9.10. The van der Waals surface area contributed by atoms with Crippen LogP contribution in [0.1, 0.15) is 16.0 Å². The fourth-order valence-electron chi connectivity index (χ4n) is 1.99. The molecule has 0 saturated heterocycles. The molecule has 1 aromatic heterocycles. The predicted octanol–water partition coefficient (Wildman–Crippen LogP) is 3.43. The zero-order valence-electron chi connectivity index (χ0n) is 11.8. The Hall–Kier alpha value is -0.890. The Kier molecular flexibility index (Phi) is 5.08. The van der Waals surface area contributed by atoms with Crippen LogP contribution in [0.3, 0.4) is 0 Å². The number of aryl methyl sites for hydroxylation is 2. The van der Waals surface area contributed by atoms with Crippen LogP contribution in [0.2, 0.25) is 0 Å². The molecule has 114 valence electrons. The van der Waals surface area contributed by atoms with Crippen molar-refractivity contribution >= 4 is 43.0 Å². The average molecular weight is 389 g/mol. The van der Waals surface area contributed by atoms with E-state index in [1.807, 2.05) is 32.0 Å². The first-order valence-electron chi connectivity index (χ1n) is 6.42. The molecule has 1 heterocycles. The molecule has 2 rings (SSSR count). The zero-order valence-corrected chi connectivity index (χ0v) is 15.0. The van der Waals surface area contributed by atoms with Crippen molar-refractivity contribution in [1.29, 1.82) is 0 Å². The molecule has 21 heavy (non-hydrogen) atoms. The minimum absolute atomic E-state index is 0.309. The number of nitrogens with one attached hydrogen (secondary N) is 1. The van der Waals surface area contributed by atoms with E-state index in [-0.39, 0.29) is 0 Å². The fourth-order valence-corrected chi connectivity index (χ4v) is 4.63. The SMILES string of the molecule is Cc1cc(NS(=O)(=O)c2ccc(CCN)s2)cc(C)c1Br. The van der Waals surface area contributed by atoms with Gasteiger partial charge in [0.15, 0.2) is 0 Å². The monoisotopic (exact) mass is 388 g/mol. The van der Waals surface area contributed by atoms with E-state index in [1.165, 1.54) is 11.3 Å². The number of nitrogens with two attached hydrogens (primary N) is 1. The molecule has 0 aliphatic rings. The van der Waals surface area contributed by atoms with Crippen molar-refractivity contribution in [2.45, 2.75) is 24.5 Å². The van der Waals surface area contributed by atoms with Crippen molar-refractivity contribution in [1.82, 2.24) is 0 Å². The number of halogens is 1. The van der Waals surface area contributed by atoms with Crippen molar-refractivity contribution in [2.24, 2.45) is 5.73 Å². The van der Waals surface area contributed by atoms with E-state index in [9.17, 15) is 8.42 Å². The first-order chi connectivity index (χ1) is 9.83. The number of sulfonamides is 1. The van der Waals surface area contributed by atoms with Crippen molar-refractivity contribution in [3.63, 3.8) is 0 Å². The molecule has 0 spiro atoms. The minimum Gasteiger partial charge on any atom is -0.330 e. The minimum atomic E-state index is -3.54. The predicted molar refractivity (Wildman–Crippen MR) is 91.5 cm³/mol. The maximum Gasteiger partial charge on any atom is 0.271 e. The van der Waals surface area contributed by atoms with E-state index in [2.05, 4.69) is 20.7 Å². The summed E-state index contributed by atoms with van der Waals surface area (Å²) in [5, 5.41) is 0. The summed E-state index contributed by atoms with van der Waals surface area (Å²) in [5.41, 5.74) is 8.04. The van der Waals surface area contributed by atoms with Gasteiger partial charge < -0.3 is 5.73 Å². The van der Waals surface area contributed by atoms with Crippen LogP contribution < -0.4 is 10.5 Å². The summed E-state index contributed by atoms with van der Waals surface area (Å²) in [6, 6.07) is 7.05. The summed E-state index contributed by atoms with van der Waals surface area (Å²) in [6.45, 7) is 4.37. The Balaban J connectivity index is 2.28. The van der Waals surface area contributed by atoms with Gasteiger partial charge in [-0.2, -0.15) is 0 Å². The van der Waals surface area contributed by atoms with Gasteiger partial charge in [0, 0.05) is 15.0 Å². The van der Waals surface area contributed by atoms with Gasteiger partial charge in [0.2, 0.25) is 0 Å². The molecule has 0 atom stereocenters. The molecule has 0 saturated carbocycles. The van der Waals surface area contributed by atoms with Crippen LogP contribution in [-0.4, -0.2) is 15.0 Å². The van der Waals surface area contributed by atoms with Crippen molar-refractivity contribution in [3.8, 4) is 0 Å². The molecule has 0 amide bonds. The molecule has 3 N–H and O–H groups in total. The lowest BCUT2D eigenvalue weighted by molar-refractivity contribution is 0.603. The Bertz CT molecular complexity index is 731. The van der Waals surface area contributed by atoms with E-state index in [4.69, 9.17) is 5.73 Å². The van der Waals surface area contributed by atoms with E-state index in [0.29, 0.717) is 22.9 Å². The van der Waals surface area contributed by atoms with Crippen LogP contribution in [0.4, 0.5) is 5.69 Å². The summed E-state index contributed by atoms with van der Waals surface area (Å²) in [7, 11) is -3.54. The van der Waals surface area contributed by atoms with E-state index >= 15 is 0 Å². The first kappa shape index (κ1) is 16.5. The van der Waals surface area contributed by atoms with Gasteiger partial charge in [-0.05, 0) is 62.2 Å². The molecular formula is C14H17BrN2O2S2. The second-order valence-electron chi connectivity index (χ2n) is 4.79. The van der Waals surface area contributed by atoms with Crippen molar-refractivity contribution < 1.29 is 8.42 Å². The van der Waals surface area contributed by atoms with Crippen LogP contribution >= 0.6 is 27.3 Å². The van der Waals surface area contributed by atoms with Gasteiger partial charge in [-0.25, -0.2) is 8.42 Å². The Morgan fingerprint density at radius 3 is 2.43 bits per heavy atom. The number of thiophene rings is 1. The van der Waals surface area contributed by atoms with E-state index in [1.54, 1.807) is 6.07 Å². The largest absolute Gasteiger partial charge is 0.330 e. The maximum absolute atomic E-state index is 12.4. The Morgan fingerprint density at radius 1 is 1.24 bits per heavy atom. The van der Waals surface area contributed by atoms with Crippen LogP contribution in [0.25, 0.3) is 0 Å². The molecule has 0 unspecified atom stereocenters. The highest BCUT2D eigenvalue weighted by Crippen LogP contribution is 2.28. The normalized spacial score (nSPS) is 11.6. The maximum atomic E-state index is 12.4. The first-order valence-corrected chi connectivity index (χ1v) is 9.51. The molecule has 7 heteroatoms. The Labute approximate surface area is 137 Å². The quantitative estimate of drug-likeness (QED) is 0.823. The third kappa shape index (κ3) is 3.85. The van der Waals surface area contributed by atoms with Gasteiger partial charge >= 0.3 is 0 Å². The summed E-state index contributed by atoms with van der Waals surface area (Å²) in [6.07, 6.45) is 0.691. The smallest absolute Gasteiger partial charge is 0.271 e. The van der Waals surface area contributed by atoms with Gasteiger partial charge in [-0.3, -0.25) is 4.72 Å². The summed E-state index contributed by atoms with van der Waals surface area (Å²) < 4.78 is 28.7. The standard InChI is InChI=1S/C14H17BrN2O2S2/c1-9-7-11(8-10(2)14(9)15)17-21(18,19)13-4-3-12(20-13)5-6-16/h3-4,7-8,17H,5-6,16H2,1-2H3. The number of benzene rings is 1. The number of hydrogen-bond acceptors (Lipinski definition) is 4. The van der Waals surface area contributed by atoms with Crippen molar-refractivity contribution in [2.75, 3.05) is 11.3 Å². The molecule has 0 aliphatic carbocycles. The van der Waals surface area contributed by atoms with Crippen LogP contribution in [0, 0.1) is 13.8 Å². The highest BCUT2D eigenvalue weighted by Gasteiger charge is 2.17. The Morgan fingerprint density at radius 2 is 1.86 bits per heavy atom. The lowest BCUT2D eigenvalue weighted by Crippen LogP contribution is -2.11. The summed E-state index contributed by atoms with van der Waals surface area (Å²) >= 11 is 4.73. The third-order valence-corrected chi connectivity index (χ3v) is 7.25.